The Morgan fingerprint density at radius 1 is 1.56 bits per heavy atom. The zero-order valence-corrected chi connectivity index (χ0v) is 10.5. The molecule has 0 radical (unpaired) electrons. The Balaban J connectivity index is 2.82. The van der Waals surface area contributed by atoms with Gasteiger partial charge in [0.05, 0.1) is 21.7 Å². The maximum absolute atomic E-state index is 10.8. The average Bonchev–Trinajstić information content (AvgIpc) is 2.27. The van der Waals surface area contributed by atoms with Crippen LogP contribution in [0.1, 0.15) is 0 Å². The summed E-state index contributed by atoms with van der Waals surface area (Å²) in [6.45, 7) is -0.270. The minimum atomic E-state index is -0.540. The van der Waals surface area contributed by atoms with Crippen LogP contribution in [0.3, 0.4) is 0 Å². The first-order valence-corrected chi connectivity index (χ1v) is 5.26. The fraction of sp³-hybridized carbons (Fsp3) is 0.222. The van der Waals surface area contributed by atoms with Crippen molar-refractivity contribution in [3.63, 3.8) is 0 Å². The van der Waals surface area contributed by atoms with Gasteiger partial charge in [-0.1, -0.05) is 0 Å². The van der Waals surface area contributed by atoms with Crippen molar-refractivity contribution in [3.05, 3.63) is 31.9 Å². The molecule has 1 aromatic carbocycles. The molecule has 0 atom stereocenters. The summed E-state index contributed by atoms with van der Waals surface area (Å²) in [5, 5.41) is 10.5. The molecule has 0 aliphatic rings. The molecule has 0 saturated carbocycles. The first kappa shape index (κ1) is 12.7. The molecule has 0 bridgehead atoms. The van der Waals surface area contributed by atoms with Gasteiger partial charge in [0.1, 0.15) is 5.75 Å². The molecule has 1 rings (SSSR count). The minimum absolute atomic E-state index is 0.0831. The van der Waals surface area contributed by atoms with Crippen molar-refractivity contribution in [3.8, 4) is 5.75 Å². The van der Waals surface area contributed by atoms with Crippen molar-refractivity contribution in [2.45, 2.75) is 0 Å². The Labute approximate surface area is 105 Å². The van der Waals surface area contributed by atoms with Gasteiger partial charge in [-0.05, 0) is 28.7 Å². The number of ether oxygens (including phenoxy) is 2. The van der Waals surface area contributed by atoms with Crippen molar-refractivity contribution >= 4 is 34.2 Å². The van der Waals surface area contributed by atoms with Crippen LogP contribution in [0.25, 0.3) is 0 Å². The normalized spacial score (nSPS) is 9.62. The highest BCUT2D eigenvalue weighted by molar-refractivity contribution is 14.1. The Hall–Kier alpha value is -1.38. The summed E-state index contributed by atoms with van der Waals surface area (Å²) in [4.78, 5) is 20.8. The topological polar surface area (TPSA) is 78.7 Å². The molecular weight excluding hydrogens is 329 g/mol. The van der Waals surface area contributed by atoms with Crippen LogP contribution < -0.4 is 4.74 Å². The van der Waals surface area contributed by atoms with Crippen LogP contribution in [0.2, 0.25) is 0 Å². The lowest BCUT2D eigenvalue weighted by atomic mass is 10.3. The van der Waals surface area contributed by atoms with Gasteiger partial charge in [0.2, 0.25) is 0 Å². The lowest BCUT2D eigenvalue weighted by Gasteiger charge is -2.06. The largest absolute Gasteiger partial charge is 0.481 e. The predicted molar refractivity (Wildman–Crippen MR) is 63.3 cm³/mol. The molecule has 0 spiro atoms. The second kappa shape index (κ2) is 5.64. The molecule has 16 heavy (non-hydrogen) atoms. The minimum Gasteiger partial charge on any atom is -0.481 e. The van der Waals surface area contributed by atoms with Crippen LogP contribution in [0.15, 0.2) is 18.2 Å². The molecule has 6 nitrogen and oxygen atoms in total. The van der Waals surface area contributed by atoms with E-state index in [9.17, 15) is 14.9 Å². The number of carbonyl (C=O) groups excluding carboxylic acids is 1. The molecule has 0 fully saturated rings. The highest BCUT2D eigenvalue weighted by atomic mass is 127. The molecule has 0 heterocycles. The molecule has 0 N–H and O–H groups in total. The van der Waals surface area contributed by atoms with E-state index in [1.165, 1.54) is 19.2 Å². The van der Waals surface area contributed by atoms with Crippen LogP contribution in [-0.4, -0.2) is 24.6 Å². The fourth-order valence-corrected chi connectivity index (χ4v) is 1.40. The number of hydrogen-bond donors (Lipinski definition) is 0. The number of benzene rings is 1. The van der Waals surface area contributed by atoms with E-state index in [-0.39, 0.29) is 12.3 Å². The van der Waals surface area contributed by atoms with Gasteiger partial charge in [0, 0.05) is 6.07 Å². The van der Waals surface area contributed by atoms with Gasteiger partial charge in [-0.15, -0.1) is 0 Å². The highest BCUT2D eigenvalue weighted by Crippen LogP contribution is 2.25. The first-order valence-electron chi connectivity index (χ1n) is 4.18. The second-order valence-corrected chi connectivity index (χ2v) is 3.90. The summed E-state index contributed by atoms with van der Waals surface area (Å²) >= 11 is 1.96. The third-order valence-electron chi connectivity index (χ3n) is 1.70. The molecule has 86 valence electrons. The Kier molecular flexibility index (Phi) is 4.47. The zero-order chi connectivity index (χ0) is 12.1. The summed E-state index contributed by atoms with van der Waals surface area (Å²) < 4.78 is 10.2. The van der Waals surface area contributed by atoms with Crippen molar-refractivity contribution in [2.75, 3.05) is 13.7 Å². The number of nitro groups is 1. The Morgan fingerprint density at radius 2 is 2.25 bits per heavy atom. The maximum Gasteiger partial charge on any atom is 0.343 e. The van der Waals surface area contributed by atoms with E-state index >= 15 is 0 Å². The van der Waals surface area contributed by atoms with Crippen molar-refractivity contribution in [1.29, 1.82) is 0 Å². The van der Waals surface area contributed by atoms with Gasteiger partial charge in [-0.25, -0.2) is 4.79 Å². The quantitative estimate of drug-likeness (QED) is 0.362. The summed E-state index contributed by atoms with van der Waals surface area (Å²) in [7, 11) is 1.24. The number of nitrogens with zero attached hydrogens (tertiary/aromatic N) is 1. The number of esters is 1. The molecule has 0 saturated heterocycles. The average molecular weight is 337 g/mol. The number of nitro benzene ring substituents is 1. The first-order chi connectivity index (χ1) is 7.54. The maximum atomic E-state index is 10.8. The Bertz CT molecular complexity index is 420. The lowest BCUT2D eigenvalue weighted by Crippen LogP contribution is -2.13. The summed E-state index contributed by atoms with van der Waals surface area (Å²) in [5.41, 5.74) is -0.0831. The van der Waals surface area contributed by atoms with E-state index in [0.29, 0.717) is 9.32 Å². The van der Waals surface area contributed by atoms with Crippen LogP contribution in [0.5, 0.6) is 5.75 Å². The molecule has 7 heteroatoms. The van der Waals surface area contributed by atoms with Crippen LogP contribution in [0, 0.1) is 13.7 Å². The third kappa shape index (κ3) is 3.33. The number of carbonyl (C=O) groups is 1. The molecule has 0 aliphatic carbocycles. The van der Waals surface area contributed by atoms with Gasteiger partial charge in [0.15, 0.2) is 6.61 Å². The third-order valence-corrected chi connectivity index (χ3v) is 2.59. The van der Waals surface area contributed by atoms with E-state index in [1.807, 2.05) is 22.6 Å². The van der Waals surface area contributed by atoms with Crippen LogP contribution >= 0.6 is 22.6 Å². The second-order valence-electron chi connectivity index (χ2n) is 2.74. The predicted octanol–water partition coefficient (Wildman–Crippen LogP) is 1.75. The molecular formula is C9H8INO5. The molecule has 0 unspecified atom stereocenters. The molecule has 0 aromatic heterocycles. The van der Waals surface area contributed by atoms with Gasteiger partial charge in [0.25, 0.3) is 5.69 Å². The van der Waals surface area contributed by atoms with E-state index in [0.717, 1.165) is 0 Å². The Morgan fingerprint density at radius 3 is 2.81 bits per heavy atom. The SMILES string of the molecule is COC(=O)COc1cc([N+](=O)[O-])ccc1I. The summed E-state index contributed by atoms with van der Waals surface area (Å²) in [6, 6.07) is 4.18. The monoisotopic (exact) mass is 337 g/mol. The van der Waals surface area contributed by atoms with Crippen LogP contribution in [0.4, 0.5) is 5.69 Å². The number of hydrogen-bond acceptors (Lipinski definition) is 5. The smallest absolute Gasteiger partial charge is 0.343 e. The van der Waals surface area contributed by atoms with Gasteiger partial charge in [-0.2, -0.15) is 0 Å². The summed E-state index contributed by atoms with van der Waals surface area (Å²) in [6.07, 6.45) is 0. The highest BCUT2D eigenvalue weighted by Gasteiger charge is 2.11. The van der Waals surface area contributed by atoms with Gasteiger partial charge < -0.3 is 9.47 Å². The lowest BCUT2D eigenvalue weighted by molar-refractivity contribution is -0.385. The van der Waals surface area contributed by atoms with E-state index in [2.05, 4.69) is 4.74 Å². The number of non-ortho nitro benzene ring substituents is 1. The zero-order valence-electron chi connectivity index (χ0n) is 8.31. The van der Waals surface area contributed by atoms with E-state index < -0.39 is 10.9 Å². The summed E-state index contributed by atoms with van der Waals surface area (Å²) in [5.74, 6) is -0.248. The van der Waals surface area contributed by atoms with E-state index in [1.54, 1.807) is 6.07 Å². The number of halogens is 1. The van der Waals surface area contributed by atoms with Crippen molar-refractivity contribution in [1.82, 2.24) is 0 Å². The van der Waals surface area contributed by atoms with Gasteiger partial charge in [-0.3, -0.25) is 10.1 Å². The molecule has 0 amide bonds. The van der Waals surface area contributed by atoms with Crippen molar-refractivity contribution < 1.29 is 19.2 Å². The fourth-order valence-electron chi connectivity index (χ4n) is 0.912. The van der Waals surface area contributed by atoms with Gasteiger partial charge >= 0.3 is 5.97 Å². The standard InChI is InChI=1S/C9H8INO5/c1-15-9(12)5-16-8-4-6(11(13)14)2-3-7(8)10/h2-4H,5H2,1H3. The number of methoxy groups -OCH3 is 1. The van der Waals surface area contributed by atoms with E-state index in [4.69, 9.17) is 4.74 Å². The molecule has 0 aliphatic heterocycles. The van der Waals surface area contributed by atoms with Crippen LogP contribution in [-0.2, 0) is 9.53 Å². The van der Waals surface area contributed by atoms with Crippen molar-refractivity contribution in [2.24, 2.45) is 0 Å². The number of rotatable bonds is 4. The molecule has 1 aromatic rings.